The van der Waals surface area contributed by atoms with Crippen molar-refractivity contribution in [3.8, 4) is 6.07 Å². The van der Waals surface area contributed by atoms with Crippen molar-refractivity contribution in [2.75, 3.05) is 19.6 Å². The second-order valence-corrected chi connectivity index (χ2v) is 8.96. The number of pyridine rings is 1. The highest BCUT2D eigenvalue weighted by atomic mass is 32.2. The molecule has 1 aromatic carbocycles. The molecule has 0 bridgehead atoms. The lowest BCUT2D eigenvalue weighted by Crippen LogP contribution is -2.44. The van der Waals surface area contributed by atoms with Crippen molar-refractivity contribution in [2.24, 2.45) is 5.92 Å². The molecule has 1 aromatic heterocycles. The fraction of sp³-hybridized carbons (Fsp3) is 0.381. The van der Waals surface area contributed by atoms with Gasteiger partial charge < -0.3 is 4.90 Å². The minimum atomic E-state index is -3.54. The highest BCUT2D eigenvalue weighted by Crippen LogP contribution is 2.25. The van der Waals surface area contributed by atoms with Gasteiger partial charge in [-0.05, 0) is 36.6 Å². The van der Waals surface area contributed by atoms with Gasteiger partial charge in [0.25, 0.3) is 0 Å². The smallest absolute Gasteiger partial charge is 0.243 e. The summed E-state index contributed by atoms with van der Waals surface area (Å²) in [6, 6.07) is 14.2. The van der Waals surface area contributed by atoms with Crippen molar-refractivity contribution in [2.45, 2.75) is 30.7 Å². The Morgan fingerprint density at radius 1 is 1.17 bits per heavy atom. The number of carbonyl (C=O) groups is 1. The number of aromatic nitrogens is 1. The molecular weight excluding hydrogens is 388 g/mol. The Labute approximate surface area is 171 Å². The summed E-state index contributed by atoms with van der Waals surface area (Å²) in [5.74, 6) is -0.270. The third-order valence-corrected chi connectivity index (χ3v) is 7.00. The Bertz CT molecular complexity index is 950. The van der Waals surface area contributed by atoms with Crippen molar-refractivity contribution >= 4 is 15.9 Å². The Balaban J connectivity index is 1.65. The van der Waals surface area contributed by atoms with E-state index in [-0.39, 0.29) is 23.1 Å². The molecule has 1 fully saturated rings. The van der Waals surface area contributed by atoms with Crippen LogP contribution in [0.1, 0.15) is 24.8 Å². The first-order chi connectivity index (χ1) is 14.0. The van der Waals surface area contributed by atoms with Gasteiger partial charge in [-0.15, -0.1) is 0 Å². The molecule has 29 heavy (non-hydrogen) atoms. The van der Waals surface area contributed by atoms with Crippen LogP contribution in [0.5, 0.6) is 0 Å². The largest absolute Gasteiger partial charge is 0.337 e. The standard InChI is InChI=1S/C21H24N4O3S/c22-11-5-13-24(17-18-6-4-12-23-16-18)21(26)19-9-14-25(15-10-19)29(27,28)20-7-2-1-3-8-20/h1-4,6-8,12,16,19H,5,9-10,13-15,17H2. The number of carbonyl (C=O) groups excluding carboxylic acids is 1. The number of hydrogen-bond donors (Lipinski definition) is 0. The number of sulfonamides is 1. The normalized spacial score (nSPS) is 15.6. The highest BCUT2D eigenvalue weighted by molar-refractivity contribution is 7.89. The molecule has 3 rings (SSSR count). The molecule has 2 heterocycles. The Morgan fingerprint density at radius 2 is 1.90 bits per heavy atom. The summed E-state index contributed by atoms with van der Waals surface area (Å²) < 4.78 is 27.0. The molecule has 1 saturated heterocycles. The molecule has 0 saturated carbocycles. The highest BCUT2D eigenvalue weighted by Gasteiger charge is 2.33. The van der Waals surface area contributed by atoms with E-state index in [2.05, 4.69) is 11.1 Å². The van der Waals surface area contributed by atoms with Gasteiger partial charge in [0.2, 0.25) is 15.9 Å². The van der Waals surface area contributed by atoms with Crippen LogP contribution in [0.4, 0.5) is 0 Å². The second-order valence-electron chi connectivity index (χ2n) is 7.02. The maximum Gasteiger partial charge on any atom is 0.243 e. The molecule has 1 aliphatic rings. The molecule has 0 atom stereocenters. The molecule has 1 amide bonds. The van der Waals surface area contributed by atoms with Gasteiger partial charge in [-0.25, -0.2) is 8.42 Å². The molecule has 0 unspecified atom stereocenters. The minimum Gasteiger partial charge on any atom is -0.337 e. The number of rotatable bonds is 7. The van der Waals surface area contributed by atoms with Crippen LogP contribution < -0.4 is 0 Å². The molecular formula is C21H24N4O3S. The van der Waals surface area contributed by atoms with Gasteiger partial charge in [0, 0.05) is 44.5 Å². The summed E-state index contributed by atoms with van der Waals surface area (Å²) in [5, 5.41) is 8.93. The van der Waals surface area contributed by atoms with Crippen LogP contribution in [-0.4, -0.2) is 48.1 Å². The molecule has 2 aromatic rings. The first kappa shape index (κ1) is 21.0. The van der Waals surface area contributed by atoms with Crippen LogP contribution >= 0.6 is 0 Å². The zero-order chi connectivity index (χ0) is 20.7. The average molecular weight is 413 g/mol. The summed E-state index contributed by atoms with van der Waals surface area (Å²) in [4.78, 5) is 19.1. The first-order valence-electron chi connectivity index (χ1n) is 9.62. The predicted octanol–water partition coefficient (Wildman–Crippen LogP) is 2.42. The number of piperidine rings is 1. The monoisotopic (exact) mass is 412 g/mol. The van der Waals surface area contributed by atoms with Crippen LogP contribution in [0.15, 0.2) is 59.8 Å². The third-order valence-electron chi connectivity index (χ3n) is 5.09. The van der Waals surface area contributed by atoms with Gasteiger partial charge in [0.05, 0.1) is 17.4 Å². The van der Waals surface area contributed by atoms with E-state index in [1.165, 1.54) is 4.31 Å². The lowest BCUT2D eigenvalue weighted by atomic mass is 9.96. The summed E-state index contributed by atoms with van der Waals surface area (Å²) in [6.45, 7) is 1.38. The number of hydrogen-bond acceptors (Lipinski definition) is 5. The third kappa shape index (κ3) is 5.19. The zero-order valence-electron chi connectivity index (χ0n) is 16.1. The van der Waals surface area contributed by atoms with Crippen LogP contribution in [0.25, 0.3) is 0 Å². The Hall–Kier alpha value is -2.76. The summed E-state index contributed by atoms with van der Waals surface area (Å²) in [5.41, 5.74) is 0.905. The zero-order valence-corrected chi connectivity index (χ0v) is 17.0. The Morgan fingerprint density at radius 3 is 2.52 bits per heavy atom. The average Bonchev–Trinajstić information content (AvgIpc) is 2.77. The van der Waals surface area contributed by atoms with E-state index in [1.54, 1.807) is 47.6 Å². The van der Waals surface area contributed by atoms with Gasteiger partial charge in [0.15, 0.2) is 0 Å². The van der Waals surface area contributed by atoms with Crippen LogP contribution in [0.2, 0.25) is 0 Å². The van der Waals surface area contributed by atoms with Crippen molar-refractivity contribution in [3.63, 3.8) is 0 Å². The van der Waals surface area contributed by atoms with E-state index in [0.717, 1.165) is 5.56 Å². The SMILES string of the molecule is N#CCCN(Cc1cccnc1)C(=O)C1CCN(S(=O)(=O)c2ccccc2)CC1. The van der Waals surface area contributed by atoms with Gasteiger partial charge in [-0.3, -0.25) is 9.78 Å². The van der Waals surface area contributed by atoms with E-state index < -0.39 is 10.0 Å². The molecule has 152 valence electrons. The molecule has 7 nitrogen and oxygen atoms in total. The van der Waals surface area contributed by atoms with Crippen molar-refractivity contribution in [3.05, 3.63) is 60.4 Å². The van der Waals surface area contributed by atoms with E-state index in [0.29, 0.717) is 39.0 Å². The Kier molecular flexibility index (Phi) is 6.96. The van der Waals surface area contributed by atoms with Crippen molar-refractivity contribution < 1.29 is 13.2 Å². The second kappa shape index (κ2) is 9.63. The van der Waals surface area contributed by atoms with Gasteiger partial charge >= 0.3 is 0 Å². The van der Waals surface area contributed by atoms with Gasteiger partial charge in [0.1, 0.15) is 0 Å². The number of benzene rings is 1. The van der Waals surface area contributed by atoms with Crippen LogP contribution in [0, 0.1) is 17.2 Å². The minimum absolute atomic E-state index is 0.0270. The molecule has 0 N–H and O–H groups in total. The van der Waals surface area contributed by atoms with E-state index >= 15 is 0 Å². The summed E-state index contributed by atoms with van der Waals surface area (Å²) in [6.07, 6.45) is 4.59. The van der Waals surface area contributed by atoms with Crippen molar-refractivity contribution in [1.82, 2.24) is 14.2 Å². The van der Waals surface area contributed by atoms with Gasteiger partial charge in [-0.1, -0.05) is 24.3 Å². The van der Waals surface area contributed by atoms with Gasteiger partial charge in [-0.2, -0.15) is 9.57 Å². The first-order valence-corrected chi connectivity index (χ1v) is 11.1. The fourth-order valence-electron chi connectivity index (χ4n) is 3.51. The number of nitrogens with zero attached hydrogens (tertiary/aromatic N) is 4. The van der Waals surface area contributed by atoms with Crippen LogP contribution in [-0.2, 0) is 21.4 Å². The predicted molar refractivity (Wildman–Crippen MR) is 108 cm³/mol. The van der Waals surface area contributed by atoms with E-state index in [1.807, 2.05) is 12.1 Å². The quantitative estimate of drug-likeness (QED) is 0.696. The molecule has 0 radical (unpaired) electrons. The molecule has 8 heteroatoms. The molecule has 0 spiro atoms. The topological polar surface area (TPSA) is 94.4 Å². The maximum absolute atomic E-state index is 13.1. The van der Waals surface area contributed by atoms with Crippen molar-refractivity contribution in [1.29, 1.82) is 5.26 Å². The lowest BCUT2D eigenvalue weighted by Gasteiger charge is -2.33. The number of nitriles is 1. The maximum atomic E-state index is 13.1. The summed E-state index contributed by atoms with van der Waals surface area (Å²) >= 11 is 0. The molecule has 1 aliphatic heterocycles. The van der Waals surface area contributed by atoms with Crippen LogP contribution in [0.3, 0.4) is 0 Å². The van der Waals surface area contributed by atoms with E-state index in [9.17, 15) is 13.2 Å². The van der Waals surface area contributed by atoms with E-state index in [4.69, 9.17) is 5.26 Å². The summed E-state index contributed by atoms with van der Waals surface area (Å²) in [7, 11) is -3.54. The fourth-order valence-corrected chi connectivity index (χ4v) is 5.00. The lowest BCUT2D eigenvalue weighted by molar-refractivity contribution is -0.137. The molecule has 0 aliphatic carbocycles. The number of amides is 1.